The number of aliphatic carboxylic acids is 1. The molecule has 100 valence electrons. The van der Waals surface area contributed by atoms with Crippen molar-refractivity contribution in [2.24, 2.45) is 0 Å². The Morgan fingerprint density at radius 3 is 2.89 bits per heavy atom. The fourth-order valence-corrected chi connectivity index (χ4v) is 1.91. The van der Waals surface area contributed by atoms with Crippen molar-refractivity contribution in [3.05, 3.63) is 24.0 Å². The fraction of sp³-hybridized carbons (Fsp3) is 0.417. The van der Waals surface area contributed by atoms with Gasteiger partial charge in [-0.3, -0.25) is 9.78 Å². The molecule has 0 saturated carbocycles. The van der Waals surface area contributed by atoms with E-state index in [1.807, 2.05) is 19.9 Å². The Morgan fingerprint density at radius 1 is 1.47 bits per heavy atom. The zero-order valence-corrected chi connectivity index (χ0v) is 10.8. The lowest BCUT2D eigenvalue weighted by atomic mass is 10.1. The number of aromatic nitrogens is 5. The van der Waals surface area contributed by atoms with Crippen LogP contribution >= 0.6 is 0 Å². The number of aryl methyl sites for hydroxylation is 1. The second-order valence-electron chi connectivity index (χ2n) is 4.36. The standard InChI is InChI=1S/C12H15N5O2/c1-3-10(5-11(18)19)17-12(14-15-16-17)9-4-8(2)6-13-7-9/h4,6-7,10H,3,5H2,1-2H3,(H,18,19). The van der Waals surface area contributed by atoms with E-state index in [0.717, 1.165) is 11.1 Å². The van der Waals surface area contributed by atoms with Gasteiger partial charge in [0.25, 0.3) is 0 Å². The van der Waals surface area contributed by atoms with Crippen molar-refractivity contribution in [3.8, 4) is 11.4 Å². The van der Waals surface area contributed by atoms with Crippen LogP contribution in [0.1, 0.15) is 31.4 Å². The zero-order valence-electron chi connectivity index (χ0n) is 10.8. The number of nitrogens with zero attached hydrogens (tertiary/aromatic N) is 5. The van der Waals surface area contributed by atoms with Gasteiger partial charge in [-0.25, -0.2) is 4.68 Å². The molecule has 0 bridgehead atoms. The quantitative estimate of drug-likeness (QED) is 0.875. The Balaban J connectivity index is 2.38. The van der Waals surface area contributed by atoms with E-state index in [2.05, 4.69) is 20.5 Å². The molecule has 0 aliphatic rings. The molecule has 0 fully saturated rings. The van der Waals surface area contributed by atoms with Crippen molar-refractivity contribution in [3.63, 3.8) is 0 Å². The number of carbonyl (C=O) groups is 1. The number of carboxylic acid groups (broad SMARTS) is 1. The van der Waals surface area contributed by atoms with Crippen LogP contribution in [0, 0.1) is 6.92 Å². The molecule has 0 aliphatic carbocycles. The van der Waals surface area contributed by atoms with Crippen LogP contribution in [0.5, 0.6) is 0 Å². The van der Waals surface area contributed by atoms with Gasteiger partial charge in [-0.15, -0.1) is 5.10 Å². The van der Waals surface area contributed by atoms with Crippen LogP contribution < -0.4 is 0 Å². The monoisotopic (exact) mass is 261 g/mol. The Morgan fingerprint density at radius 2 is 2.26 bits per heavy atom. The fourth-order valence-electron chi connectivity index (χ4n) is 1.91. The highest BCUT2D eigenvalue weighted by atomic mass is 16.4. The van der Waals surface area contributed by atoms with Crippen LogP contribution in [0.25, 0.3) is 11.4 Å². The predicted octanol–water partition coefficient (Wildman–Crippen LogP) is 1.47. The maximum atomic E-state index is 10.9. The summed E-state index contributed by atoms with van der Waals surface area (Å²) in [5.41, 5.74) is 1.78. The average Bonchev–Trinajstić information content (AvgIpc) is 2.84. The first kappa shape index (κ1) is 13.1. The van der Waals surface area contributed by atoms with E-state index in [-0.39, 0.29) is 12.5 Å². The highest BCUT2D eigenvalue weighted by Gasteiger charge is 2.19. The lowest BCUT2D eigenvalue weighted by Crippen LogP contribution is -2.15. The van der Waals surface area contributed by atoms with Gasteiger partial charge in [-0.1, -0.05) is 6.92 Å². The normalized spacial score (nSPS) is 12.3. The Hall–Kier alpha value is -2.31. The lowest BCUT2D eigenvalue weighted by molar-refractivity contribution is -0.138. The molecular weight excluding hydrogens is 246 g/mol. The predicted molar refractivity (Wildman–Crippen MR) is 67.4 cm³/mol. The van der Waals surface area contributed by atoms with Gasteiger partial charge >= 0.3 is 5.97 Å². The van der Waals surface area contributed by atoms with Crippen LogP contribution in [0.4, 0.5) is 0 Å². The largest absolute Gasteiger partial charge is 0.481 e. The lowest BCUT2D eigenvalue weighted by Gasteiger charge is -2.14. The summed E-state index contributed by atoms with van der Waals surface area (Å²) in [6, 6.07) is 1.66. The van der Waals surface area contributed by atoms with Crippen LogP contribution in [0.15, 0.2) is 18.5 Å². The second-order valence-corrected chi connectivity index (χ2v) is 4.36. The summed E-state index contributed by atoms with van der Waals surface area (Å²) in [5.74, 6) is -0.319. The first-order valence-corrected chi connectivity index (χ1v) is 6.03. The molecule has 2 aromatic rings. The van der Waals surface area contributed by atoms with Gasteiger partial charge in [0.1, 0.15) is 0 Å². The van der Waals surface area contributed by atoms with E-state index >= 15 is 0 Å². The van der Waals surface area contributed by atoms with E-state index in [1.165, 1.54) is 0 Å². The molecule has 2 rings (SSSR count). The molecule has 2 heterocycles. The summed E-state index contributed by atoms with van der Waals surface area (Å²) in [4.78, 5) is 15.0. The zero-order chi connectivity index (χ0) is 13.8. The Labute approximate surface area is 110 Å². The number of rotatable bonds is 5. The second kappa shape index (κ2) is 5.55. The van der Waals surface area contributed by atoms with Crippen molar-refractivity contribution >= 4 is 5.97 Å². The molecule has 2 aromatic heterocycles. The van der Waals surface area contributed by atoms with E-state index in [0.29, 0.717) is 12.2 Å². The molecule has 1 N–H and O–H groups in total. The van der Waals surface area contributed by atoms with Gasteiger partial charge < -0.3 is 5.11 Å². The molecule has 7 nitrogen and oxygen atoms in total. The van der Waals surface area contributed by atoms with Crippen LogP contribution in [-0.4, -0.2) is 36.3 Å². The first-order valence-electron chi connectivity index (χ1n) is 6.03. The van der Waals surface area contributed by atoms with E-state index in [1.54, 1.807) is 17.1 Å². The van der Waals surface area contributed by atoms with Crippen molar-refractivity contribution in [1.82, 2.24) is 25.2 Å². The molecule has 7 heteroatoms. The number of pyridine rings is 1. The highest BCUT2D eigenvalue weighted by Crippen LogP contribution is 2.22. The molecule has 0 aliphatic heterocycles. The Bertz CT molecular complexity index is 581. The summed E-state index contributed by atoms with van der Waals surface area (Å²) >= 11 is 0. The summed E-state index contributed by atoms with van der Waals surface area (Å²) in [6.45, 7) is 3.84. The van der Waals surface area contributed by atoms with Gasteiger partial charge in [-0.05, 0) is 35.4 Å². The van der Waals surface area contributed by atoms with Crippen molar-refractivity contribution in [1.29, 1.82) is 0 Å². The molecule has 1 unspecified atom stereocenters. The summed E-state index contributed by atoms with van der Waals surface area (Å²) in [5, 5.41) is 20.5. The van der Waals surface area contributed by atoms with Gasteiger partial charge in [0, 0.05) is 18.0 Å². The van der Waals surface area contributed by atoms with Crippen molar-refractivity contribution < 1.29 is 9.90 Å². The number of tetrazole rings is 1. The van der Waals surface area contributed by atoms with Gasteiger partial charge in [-0.2, -0.15) is 0 Å². The number of carboxylic acids is 1. The third-order valence-corrected chi connectivity index (χ3v) is 2.85. The molecule has 0 aromatic carbocycles. The SMILES string of the molecule is CCC(CC(=O)O)n1nnnc1-c1cncc(C)c1. The summed E-state index contributed by atoms with van der Waals surface area (Å²) < 4.78 is 1.56. The molecule has 0 amide bonds. The molecule has 19 heavy (non-hydrogen) atoms. The van der Waals surface area contributed by atoms with E-state index in [4.69, 9.17) is 5.11 Å². The smallest absolute Gasteiger partial charge is 0.305 e. The molecule has 1 atom stereocenters. The third kappa shape index (κ3) is 2.93. The van der Waals surface area contributed by atoms with E-state index < -0.39 is 5.97 Å². The average molecular weight is 261 g/mol. The number of hydrogen-bond acceptors (Lipinski definition) is 5. The van der Waals surface area contributed by atoms with E-state index in [9.17, 15) is 4.79 Å². The highest BCUT2D eigenvalue weighted by molar-refractivity contribution is 5.67. The van der Waals surface area contributed by atoms with Crippen molar-refractivity contribution in [2.75, 3.05) is 0 Å². The maximum Gasteiger partial charge on any atom is 0.305 e. The molecule has 0 spiro atoms. The minimum absolute atomic E-state index is 0.00617. The minimum Gasteiger partial charge on any atom is -0.481 e. The van der Waals surface area contributed by atoms with Crippen molar-refractivity contribution in [2.45, 2.75) is 32.7 Å². The minimum atomic E-state index is -0.865. The maximum absolute atomic E-state index is 10.9. The van der Waals surface area contributed by atoms with Crippen LogP contribution in [0.3, 0.4) is 0 Å². The first-order chi connectivity index (χ1) is 9.11. The van der Waals surface area contributed by atoms with Gasteiger partial charge in [0.2, 0.25) is 0 Å². The third-order valence-electron chi connectivity index (χ3n) is 2.85. The van der Waals surface area contributed by atoms with Crippen LogP contribution in [0.2, 0.25) is 0 Å². The number of hydrogen-bond donors (Lipinski definition) is 1. The van der Waals surface area contributed by atoms with Gasteiger partial charge in [0.15, 0.2) is 5.82 Å². The van der Waals surface area contributed by atoms with Gasteiger partial charge in [0.05, 0.1) is 12.5 Å². The molecule has 0 radical (unpaired) electrons. The topological polar surface area (TPSA) is 93.8 Å². The summed E-state index contributed by atoms with van der Waals surface area (Å²) in [6.07, 6.45) is 4.05. The molecular formula is C12H15N5O2. The molecule has 0 saturated heterocycles. The summed E-state index contributed by atoms with van der Waals surface area (Å²) in [7, 11) is 0. The van der Waals surface area contributed by atoms with Crippen LogP contribution in [-0.2, 0) is 4.79 Å². The Kier molecular flexibility index (Phi) is 3.84.